The van der Waals surface area contributed by atoms with Gasteiger partial charge in [-0.2, -0.15) is 0 Å². The fourth-order valence-electron chi connectivity index (χ4n) is 6.17. The van der Waals surface area contributed by atoms with Crippen molar-refractivity contribution < 1.29 is 0 Å². The van der Waals surface area contributed by atoms with Crippen LogP contribution in [-0.4, -0.2) is 12.6 Å². The average molecular weight is 261 g/mol. The number of rotatable bonds is 4. The molecule has 2 atom stereocenters. The zero-order valence-electron chi connectivity index (χ0n) is 13.0. The van der Waals surface area contributed by atoms with Gasteiger partial charge < -0.3 is 5.32 Å². The van der Waals surface area contributed by atoms with Crippen molar-refractivity contribution >= 4 is 0 Å². The second-order valence-corrected chi connectivity index (χ2v) is 9.30. The van der Waals surface area contributed by atoms with E-state index >= 15 is 0 Å². The summed E-state index contributed by atoms with van der Waals surface area (Å²) in [7, 11) is 0. The highest BCUT2D eigenvalue weighted by molar-refractivity contribution is 5.06. The molecule has 1 nitrogen and oxygen atoms in total. The molecule has 0 aromatic rings. The van der Waals surface area contributed by atoms with Crippen LogP contribution in [0.1, 0.15) is 65.7 Å². The van der Waals surface area contributed by atoms with Gasteiger partial charge in [0, 0.05) is 6.04 Å². The molecule has 0 aliphatic heterocycles. The van der Waals surface area contributed by atoms with E-state index in [2.05, 4.69) is 26.1 Å². The molecular weight excluding hydrogens is 230 g/mol. The van der Waals surface area contributed by atoms with E-state index in [1.54, 1.807) is 38.5 Å². The molecule has 5 rings (SSSR count). The monoisotopic (exact) mass is 261 g/mol. The highest BCUT2D eigenvalue weighted by Crippen LogP contribution is 2.61. The summed E-state index contributed by atoms with van der Waals surface area (Å²) in [6.45, 7) is 8.63. The predicted octanol–water partition coefficient (Wildman–Crippen LogP) is 4.23. The molecular formula is C18H31N. The highest BCUT2D eigenvalue weighted by atomic mass is 14.9. The van der Waals surface area contributed by atoms with Gasteiger partial charge in [0.2, 0.25) is 0 Å². The Morgan fingerprint density at radius 3 is 1.84 bits per heavy atom. The third-order valence-corrected chi connectivity index (χ3v) is 7.39. The average Bonchev–Trinajstić information content (AvgIpc) is 2.92. The third kappa shape index (κ3) is 2.07. The predicted molar refractivity (Wildman–Crippen MR) is 80.0 cm³/mol. The van der Waals surface area contributed by atoms with Gasteiger partial charge in [-0.05, 0) is 92.9 Å². The maximum absolute atomic E-state index is 3.96. The molecule has 19 heavy (non-hydrogen) atoms. The summed E-state index contributed by atoms with van der Waals surface area (Å²) in [6, 6.07) is 0.761. The minimum absolute atomic E-state index is 0.633. The first-order valence-electron chi connectivity index (χ1n) is 8.70. The molecule has 1 N–H and O–H groups in total. The van der Waals surface area contributed by atoms with Crippen molar-refractivity contribution in [3.05, 3.63) is 0 Å². The molecule has 0 amide bonds. The Labute approximate surface area is 118 Å². The van der Waals surface area contributed by atoms with Gasteiger partial charge in [0.05, 0.1) is 0 Å². The van der Waals surface area contributed by atoms with Gasteiger partial charge in [0.1, 0.15) is 0 Å². The van der Waals surface area contributed by atoms with Crippen LogP contribution in [0, 0.1) is 34.5 Å². The maximum Gasteiger partial charge on any atom is 0.00956 e. The molecule has 5 aliphatic rings. The molecule has 108 valence electrons. The lowest BCUT2D eigenvalue weighted by Crippen LogP contribution is -2.55. The fraction of sp³-hybridized carbons (Fsp3) is 1.00. The minimum atomic E-state index is 0.633. The fourth-order valence-corrected chi connectivity index (χ4v) is 6.17. The summed E-state index contributed by atoms with van der Waals surface area (Å²) < 4.78 is 0. The largest absolute Gasteiger partial charge is 0.313 e. The molecule has 0 saturated heterocycles. The van der Waals surface area contributed by atoms with E-state index in [1.807, 2.05) is 0 Å². The molecule has 4 bridgehead atoms. The molecule has 5 fully saturated rings. The van der Waals surface area contributed by atoms with Gasteiger partial charge in [0.15, 0.2) is 0 Å². The summed E-state index contributed by atoms with van der Waals surface area (Å²) in [6.07, 6.45) is 10.8. The third-order valence-electron chi connectivity index (χ3n) is 7.39. The van der Waals surface area contributed by atoms with E-state index in [-0.39, 0.29) is 0 Å². The van der Waals surface area contributed by atoms with E-state index in [9.17, 15) is 0 Å². The van der Waals surface area contributed by atoms with Crippen molar-refractivity contribution in [2.45, 2.75) is 71.8 Å². The number of hydrogen-bond donors (Lipinski definition) is 1. The standard InChI is InChI=1S/C18H31N/c1-12(19-11-16-10-17(16,2)3)18-7-13-4-14(8-18)6-15(5-13)9-18/h12-16,19H,4-11H2,1-3H3. The lowest BCUT2D eigenvalue weighted by molar-refractivity contribution is -0.0705. The summed E-state index contributed by atoms with van der Waals surface area (Å²) in [5, 5.41) is 3.96. The molecule has 0 aromatic heterocycles. The minimum Gasteiger partial charge on any atom is -0.313 e. The van der Waals surface area contributed by atoms with Gasteiger partial charge >= 0.3 is 0 Å². The van der Waals surface area contributed by atoms with Gasteiger partial charge in [-0.25, -0.2) is 0 Å². The Morgan fingerprint density at radius 2 is 1.42 bits per heavy atom. The van der Waals surface area contributed by atoms with Crippen LogP contribution in [0.2, 0.25) is 0 Å². The highest BCUT2D eigenvalue weighted by Gasteiger charge is 2.53. The molecule has 1 heteroatoms. The second-order valence-electron chi connectivity index (χ2n) is 9.30. The lowest BCUT2D eigenvalue weighted by atomic mass is 9.48. The van der Waals surface area contributed by atoms with Crippen molar-refractivity contribution in [3.8, 4) is 0 Å². The van der Waals surface area contributed by atoms with Gasteiger partial charge in [-0.3, -0.25) is 0 Å². The maximum atomic E-state index is 3.96. The summed E-state index contributed by atoms with van der Waals surface area (Å²) in [4.78, 5) is 0. The van der Waals surface area contributed by atoms with Crippen LogP contribution < -0.4 is 5.32 Å². The number of hydrogen-bond acceptors (Lipinski definition) is 1. The normalized spacial score (nSPS) is 51.3. The second kappa shape index (κ2) is 4.00. The van der Waals surface area contributed by atoms with Crippen molar-refractivity contribution in [2.75, 3.05) is 6.54 Å². The van der Waals surface area contributed by atoms with Crippen LogP contribution >= 0.6 is 0 Å². The lowest BCUT2D eigenvalue weighted by Gasteiger charge is -2.59. The van der Waals surface area contributed by atoms with Gasteiger partial charge in [-0.1, -0.05) is 13.8 Å². The molecule has 0 heterocycles. The SMILES string of the molecule is CC(NCC1CC1(C)C)C12CC3CC(CC(C3)C1)C2. The Morgan fingerprint density at radius 1 is 0.947 bits per heavy atom. The van der Waals surface area contributed by atoms with Gasteiger partial charge in [-0.15, -0.1) is 0 Å². The zero-order valence-corrected chi connectivity index (χ0v) is 13.0. The molecule has 0 spiro atoms. The van der Waals surface area contributed by atoms with E-state index in [0.717, 1.165) is 29.7 Å². The van der Waals surface area contributed by atoms with Crippen LogP contribution in [0.3, 0.4) is 0 Å². The quantitative estimate of drug-likeness (QED) is 0.798. The molecule has 5 aliphatic carbocycles. The Balaban J connectivity index is 1.40. The topological polar surface area (TPSA) is 12.0 Å². The molecule has 0 radical (unpaired) electrons. The first-order valence-corrected chi connectivity index (χ1v) is 8.70. The molecule has 2 unspecified atom stereocenters. The van der Waals surface area contributed by atoms with Crippen LogP contribution in [0.25, 0.3) is 0 Å². The zero-order chi connectivity index (χ0) is 13.3. The van der Waals surface area contributed by atoms with Crippen molar-refractivity contribution in [3.63, 3.8) is 0 Å². The Kier molecular flexibility index (Phi) is 2.67. The van der Waals surface area contributed by atoms with E-state index in [0.29, 0.717) is 10.8 Å². The first-order chi connectivity index (χ1) is 8.97. The van der Waals surface area contributed by atoms with Crippen molar-refractivity contribution in [1.82, 2.24) is 5.32 Å². The van der Waals surface area contributed by atoms with Gasteiger partial charge in [0.25, 0.3) is 0 Å². The van der Waals surface area contributed by atoms with E-state index < -0.39 is 0 Å². The first kappa shape index (κ1) is 12.7. The van der Waals surface area contributed by atoms with Crippen LogP contribution in [0.5, 0.6) is 0 Å². The smallest absolute Gasteiger partial charge is 0.00956 e. The Hall–Kier alpha value is -0.0400. The summed E-state index contributed by atoms with van der Waals surface area (Å²) in [5.74, 6) is 4.22. The molecule has 0 aromatic carbocycles. The van der Waals surface area contributed by atoms with Crippen LogP contribution in [0.15, 0.2) is 0 Å². The summed E-state index contributed by atoms with van der Waals surface area (Å²) >= 11 is 0. The molecule has 5 saturated carbocycles. The Bertz CT molecular complexity index is 335. The van der Waals surface area contributed by atoms with Crippen LogP contribution in [0.4, 0.5) is 0 Å². The van der Waals surface area contributed by atoms with E-state index in [4.69, 9.17) is 0 Å². The van der Waals surface area contributed by atoms with Crippen LogP contribution in [-0.2, 0) is 0 Å². The van der Waals surface area contributed by atoms with E-state index in [1.165, 1.54) is 13.0 Å². The summed E-state index contributed by atoms with van der Waals surface area (Å²) in [5.41, 5.74) is 1.32. The van der Waals surface area contributed by atoms with Crippen molar-refractivity contribution in [2.24, 2.45) is 34.5 Å². The number of nitrogens with one attached hydrogen (secondary N) is 1. The van der Waals surface area contributed by atoms with Crippen molar-refractivity contribution in [1.29, 1.82) is 0 Å².